The van der Waals surface area contributed by atoms with Gasteiger partial charge in [-0.25, -0.2) is 0 Å². The van der Waals surface area contributed by atoms with Gasteiger partial charge in [-0.15, -0.1) is 0 Å². The molecule has 0 aliphatic heterocycles. The zero-order valence-electron chi connectivity index (χ0n) is 10.7. The average molecular weight is 241 g/mol. The van der Waals surface area contributed by atoms with Gasteiger partial charge in [0, 0.05) is 17.3 Å². The van der Waals surface area contributed by atoms with Crippen molar-refractivity contribution in [2.24, 2.45) is 0 Å². The van der Waals surface area contributed by atoms with E-state index in [0.717, 1.165) is 17.3 Å². The van der Waals surface area contributed by atoms with Crippen LogP contribution in [0.25, 0.3) is 0 Å². The Morgan fingerprint density at radius 1 is 0.812 bits per heavy atom. The quantitative estimate of drug-likeness (QED) is 0.750. The first-order chi connectivity index (χ1) is 7.90. The van der Waals surface area contributed by atoms with Gasteiger partial charge in [-0.3, -0.25) is 0 Å². The highest BCUT2D eigenvalue weighted by Gasteiger charge is 2.26. The summed E-state index contributed by atoms with van der Waals surface area (Å²) in [5.41, 5.74) is 0. The van der Waals surface area contributed by atoms with E-state index in [1.54, 1.807) is 0 Å². The number of hydrogen-bond acceptors (Lipinski definition) is 2. The highest BCUT2D eigenvalue weighted by molar-refractivity contribution is 7.99. The SMILES string of the molecule is CSC1CCCCC1NC1CCCCCC1. The predicted molar refractivity (Wildman–Crippen MR) is 74.2 cm³/mol. The van der Waals surface area contributed by atoms with Gasteiger partial charge in [0.05, 0.1) is 0 Å². The van der Waals surface area contributed by atoms with Crippen molar-refractivity contribution in [3.63, 3.8) is 0 Å². The van der Waals surface area contributed by atoms with Gasteiger partial charge in [-0.2, -0.15) is 11.8 Å². The van der Waals surface area contributed by atoms with Crippen molar-refractivity contribution in [3.8, 4) is 0 Å². The first-order valence-electron chi connectivity index (χ1n) is 7.19. The molecule has 16 heavy (non-hydrogen) atoms. The molecule has 1 N–H and O–H groups in total. The summed E-state index contributed by atoms with van der Waals surface area (Å²) in [4.78, 5) is 0. The lowest BCUT2D eigenvalue weighted by atomic mass is 9.93. The fourth-order valence-electron chi connectivity index (χ4n) is 3.32. The Hall–Kier alpha value is 0.310. The normalized spacial score (nSPS) is 33.6. The molecule has 2 rings (SSSR count). The maximum absolute atomic E-state index is 3.98. The number of thioether (sulfide) groups is 1. The molecule has 0 bridgehead atoms. The van der Waals surface area contributed by atoms with Crippen molar-refractivity contribution in [1.29, 1.82) is 0 Å². The lowest BCUT2D eigenvalue weighted by molar-refractivity contribution is 0.328. The fourth-order valence-corrected chi connectivity index (χ4v) is 4.26. The van der Waals surface area contributed by atoms with Crippen LogP contribution in [0.3, 0.4) is 0 Å². The molecule has 0 saturated heterocycles. The zero-order chi connectivity index (χ0) is 11.2. The smallest absolute Gasteiger partial charge is 0.0198 e. The molecule has 0 aromatic heterocycles. The van der Waals surface area contributed by atoms with Gasteiger partial charge in [0.1, 0.15) is 0 Å². The van der Waals surface area contributed by atoms with Crippen molar-refractivity contribution in [2.75, 3.05) is 6.26 Å². The largest absolute Gasteiger partial charge is 0.310 e. The van der Waals surface area contributed by atoms with Gasteiger partial charge >= 0.3 is 0 Å². The summed E-state index contributed by atoms with van der Waals surface area (Å²) in [7, 11) is 0. The highest BCUT2D eigenvalue weighted by atomic mass is 32.2. The van der Waals surface area contributed by atoms with E-state index < -0.39 is 0 Å². The molecule has 2 heteroatoms. The Bertz CT molecular complexity index is 187. The minimum atomic E-state index is 0.812. The topological polar surface area (TPSA) is 12.0 Å². The second-order valence-corrected chi connectivity index (χ2v) is 6.60. The summed E-state index contributed by atoms with van der Waals surface area (Å²) < 4.78 is 0. The summed E-state index contributed by atoms with van der Waals surface area (Å²) in [5.74, 6) is 0. The van der Waals surface area contributed by atoms with Crippen LogP contribution in [0, 0.1) is 0 Å². The van der Waals surface area contributed by atoms with Crippen molar-refractivity contribution < 1.29 is 0 Å². The lowest BCUT2D eigenvalue weighted by Crippen LogP contribution is -2.45. The second-order valence-electron chi connectivity index (χ2n) is 5.52. The molecule has 0 radical (unpaired) electrons. The molecule has 2 atom stereocenters. The molecule has 2 unspecified atom stereocenters. The van der Waals surface area contributed by atoms with Crippen LogP contribution >= 0.6 is 11.8 Å². The molecule has 1 nitrogen and oxygen atoms in total. The van der Waals surface area contributed by atoms with E-state index in [4.69, 9.17) is 0 Å². The number of nitrogens with one attached hydrogen (secondary N) is 1. The van der Waals surface area contributed by atoms with Crippen LogP contribution < -0.4 is 5.32 Å². The minimum Gasteiger partial charge on any atom is -0.310 e. The molecule has 0 spiro atoms. The molecule has 2 saturated carbocycles. The molecule has 2 fully saturated rings. The summed E-state index contributed by atoms with van der Waals surface area (Å²) in [6.07, 6.45) is 16.7. The third-order valence-corrected chi connectivity index (χ3v) is 5.48. The van der Waals surface area contributed by atoms with E-state index >= 15 is 0 Å². The maximum atomic E-state index is 3.98. The van der Waals surface area contributed by atoms with Crippen LogP contribution in [0.2, 0.25) is 0 Å². The van der Waals surface area contributed by atoms with Gasteiger partial charge < -0.3 is 5.32 Å². The van der Waals surface area contributed by atoms with Gasteiger partial charge in [-0.05, 0) is 31.9 Å². The molecule has 0 amide bonds. The second kappa shape index (κ2) is 6.90. The average Bonchev–Trinajstić information content (AvgIpc) is 2.58. The summed E-state index contributed by atoms with van der Waals surface area (Å²) >= 11 is 2.09. The first-order valence-corrected chi connectivity index (χ1v) is 8.48. The Kier molecular flexibility index (Phi) is 5.51. The van der Waals surface area contributed by atoms with Gasteiger partial charge in [-0.1, -0.05) is 38.5 Å². The molecular formula is C14H27NS. The molecule has 0 aromatic carbocycles. The predicted octanol–water partition coefficient (Wildman–Crippen LogP) is 3.97. The van der Waals surface area contributed by atoms with E-state index in [-0.39, 0.29) is 0 Å². The molecule has 2 aliphatic carbocycles. The van der Waals surface area contributed by atoms with E-state index in [2.05, 4.69) is 23.3 Å². The van der Waals surface area contributed by atoms with Crippen LogP contribution in [0.4, 0.5) is 0 Å². The Balaban J connectivity index is 1.81. The van der Waals surface area contributed by atoms with Gasteiger partial charge in [0.15, 0.2) is 0 Å². The molecule has 2 aliphatic rings. The number of rotatable bonds is 3. The fraction of sp³-hybridized carbons (Fsp3) is 1.00. The molecule has 0 aromatic rings. The maximum Gasteiger partial charge on any atom is 0.0198 e. The van der Waals surface area contributed by atoms with E-state index in [0.29, 0.717) is 0 Å². The summed E-state index contributed by atoms with van der Waals surface area (Å²) in [6, 6.07) is 1.65. The standard InChI is InChI=1S/C14H27NS/c1-16-14-11-7-6-10-13(14)15-12-8-4-2-3-5-9-12/h12-15H,2-11H2,1H3. The monoisotopic (exact) mass is 241 g/mol. The summed E-state index contributed by atoms with van der Waals surface area (Å²) in [6.45, 7) is 0. The van der Waals surface area contributed by atoms with Crippen molar-refractivity contribution in [2.45, 2.75) is 81.5 Å². The van der Waals surface area contributed by atoms with E-state index in [9.17, 15) is 0 Å². The molecule has 94 valence electrons. The van der Waals surface area contributed by atoms with Crippen molar-refractivity contribution in [3.05, 3.63) is 0 Å². The highest BCUT2D eigenvalue weighted by Crippen LogP contribution is 2.28. The lowest BCUT2D eigenvalue weighted by Gasteiger charge is -2.34. The van der Waals surface area contributed by atoms with Crippen molar-refractivity contribution >= 4 is 11.8 Å². The Morgan fingerprint density at radius 3 is 2.12 bits per heavy atom. The van der Waals surface area contributed by atoms with E-state index in [1.165, 1.54) is 64.2 Å². The Labute approximate surface area is 105 Å². The third kappa shape index (κ3) is 3.66. The summed E-state index contributed by atoms with van der Waals surface area (Å²) in [5, 5.41) is 4.86. The minimum absolute atomic E-state index is 0.812. The molecular weight excluding hydrogens is 214 g/mol. The number of hydrogen-bond donors (Lipinski definition) is 1. The Morgan fingerprint density at radius 2 is 1.44 bits per heavy atom. The van der Waals surface area contributed by atoms with Crippen LogP contribution in [0.1, 0.15) is 64.2 Å². The third-order valence-electron chi connectivity index (χ3n) is 4.31. The zero-order valence-corrected chi connectivity index (χ0v) is 11.5. The van der Waals surface area contributed by atoms with Crippen LogP contribution in [-0.2, 0) is 0 Å². The van der Waals surface area contributed by atoms with Gasteiger partial charge in [0.2, 0.25) is 0 Å². The van der Waals surface area contributed by atoms with Crippen LogP contribution in [-0.4, -0.2) is 23.6 Å². The van der Waals surface area contributed by atoms with E-state index in [1.807, 2.05) is 0 Å². The van der Waals surface area contributed by atoms with Crippen molar-refractivity contribution in [1.82, 2.24) is 5.32 Å². The van der Waals surface area contributed by atoms with Crippen LogP contribution in [0.5, 0.6) is 0 Å². The van der Waals surface area contributed by atoms with Crippen LogP contribution in [0.15, 0.2) is 0 Å². The molecule has 0 heterocycles. The first kappa shape index (κ1) is 12.8. The van der Waals surface area contributed by atoms with Gasteiger partial charge in [0.25, 0.3) is 0 Å².